The van der Waals surface area contributed by atoms with E-state index in [0.717, 1.165) is 0 Å². The molecule has 0 aliphatic rings. The van der Waals surface area contributed by atoms with Crippen LogP contribution in [0.3, 0.4) is 0 Å². The van der Waals surface area contributed by atoms with E-state index in [-0.39, 0.29) is 22.6 Å². The number of rotatable bonds is 4. The molecule has 2 aromatic rings. The van der Waals surface area contributed by atoms with E-state index in [0.29, 0.717) is 0 Å². The summed E-state index contributed by atoms with van der Waals surface area (Å²) in [5.41, 5.74) is -2.16. The SMILES string of the molecule is C=C(c1ccc(Oc2ccc(C(=C)C(F)(F)F)cc2)cc1)C(F)(F)F. The van der Waals surface area contributed by atoms with Crippen LogP contribution in [-0.2, 0) is 0 Å². The number of alkyl halides is 6. The second-order valence-electron chi connectivity index (χ2n) is 5.10. The van der Waals surface area contributed by atoms with Gasteiger partial charge >= 0.3 is 12.4 Å². The lowest BCUT2D eigenvalue weighted by molar-refractivity contribution is -0.0695. The number of hydrogen-bond donors (Lipinski definition) is 0. The molecular weight excluding hydrogens is 346 g/mol. The quantitative estimate of drug-likeness (QED) is 0.558. The van der Waals surface area contributed by atoms with Crippen LogP contribution in [0.1, 0.15) is 11.1 Å². The predicted molar refractivity (Wildman–Crippen MR) is 83.1 cm³/mol. The van der Waals surface area contributed by atoms with Gasteiger partial charge in [-0.05, 0) is 35.4 Å². The average molecular weight is 358 g/mol. The first-order chi connectivity index (χ1) is 11.5. The van der Waals surface area contributed by atoms with Gasteiger partial charge in [-0.3, -0.25) is 0 Å². The minimum absolute atomic E-state index is 0.100. The van der Waals surface area contributed by atoms with Crippen LogP contribution in [0.4, 0.5) is 26.3 Å². The minimum atomic E-state index is -4.53. The number of halogens is 6. The first-order valence-electron chi connectivity index (χ1n) is 6.89. The van der Waals surface area contributed by atoms with Crippen LogP contribution in [0.25, 0.3) is 11.1 Å². The lowest BCUT2D eigenvalue weighted by Crippen LogP contribution is -2.09. The number of allylic oxidation sites excluding steroid dienone is 2. The van der Waals surface area contributed by atoms with Gasteiger partial charge in [-0.2, -0.15) is 26.3 Å². The molecule has 0 bridgehead atoms. The van der Waals surface area contributed by atoms with Crippen molar-refractivity contribution in [2.45, 2.75) is 12.4 Å². The first kappa shape index (κ1) is 18.6. The largest absolute Gasteiger partial charge is 0.457 e. The van der Waals surface area contributed by atoms with E-state index >= 15 is 0 Å². The van der Waals surface area contributed by atoms with E-state index in [1.165, 1.54) is 48.5 Å². The Hall–Kier alpha value is -2.70. The Bertz CT molecular complexity index is 700. The van der Waals surface area contributed by atoms with Gasteiger partial charge in [0.05, 0.1) is 11.1 Å². The van der Waals surface area contributed by atoms with E-state index < -0.39 is 23.5 Å². The second-order valence-corrected chi connectivity index (χ2v) is 5.10. The zero-order valence-electron chi connectivity index (χ0n) is 12.7. The van der Waals surface area contributed by atoms with E-state index in [1.807, 2.05) is 0 Å². The summed E-state index contributed by atoms with van der Waals surface area (Å²) < 4.78 is 80.7. The van der Waals surface area contributed by atoms with Crippen LogP contribution >= 0.6 is 0 Å². The van der Waals surface area contributed by atoms with Crippen LogP contribution in [0.2, 0.25) is 0 Å². The van der Waals surface area contributed by atoms with Crippen LogP contribution in [0, 0.1) is 0 Å². The van der Waals surface area contributed by atoms with E-state index in [2.05, 4.69) is 13.2 Å². The lowest BCUT2D eigenvalue weighted by atomic mass is 10.1. The summed E-state index contributed by atoms with van der Waals surface area (Å²) in [7, 11) is 0. The molecule has 0 amide bonds. The molecule has 0 atom stereocenters. The minimum Gasteiger partial charge on any atom is -0.457 e. The Balaban J connectivity index is 2.10. The maximum absolute atomic E-state index is 12.6. The monoisotopic (exact) mass is 358 g/mol. The van der Waals surface area contributed by atoms with Gasteiger partial charge in [-0.15, -0.1) is 0 Å². The highest BCUT2D eigenvalue weighted by atomic mass is 19.4. The normalized spacial score (nSPS) is 11.9. The zero-order chi connectivity index (χ0) is 18.8. The maximum Gasteiger partial charge on any atom is 0.416 e. The fourth-order valence-electron chi connectivity index (χ4n) is 1.91. The molecule has 0 fully saturated rings. The molecule has 0 aliphatic heterocycles. The third-order valence-electron chi connectivity index (χ3n) is 3.33. The van der Waals surface area contributed by atoms with Gasteiger partial charge in [-0.25, -0.2) is 0 Å². The van der Waals surface area contributed by atoms with Crippen LogP contribution < -0.4 is 4.74 Å². The van der Waals surface area contributed by atoms with E-state index in [4.69, 9.17) is 4.74 Å². The van der Waals surface area contributed by atoms with E-state index in [1.54, 1.807) is 0 Å². The molecule has 7 heteroatoms. The van der Waals surface area contributed by atoms with Crippen LogP contribution in [0.5, 0.6) is 11.5 Å². The summed E-state index contributed by atoms with van der Waals surface area (Å²) >= 11 is 0. The van der Waals surface area contributed by atoms with Crippen LogP contribution in [-0.4, -0.2) is 12.4 Å². The molecule has 0 N–H and O–H groups in total. The summed E-state index contributed by atoms with van der Waals surface area (Å²) in [5, 5.41) is 0. The number of hydrogen-bond acceptors (Lipinski definition) is 1. The lowest BCUT2D eigenvalue weighted by Gasteiger charge is -2.12. The van der Waals surface area contributed by atoms with Crippen molar-refractivity contribution in [2.75, 3.05) is 0 Å². The van der Waals surface area contributed by atoms with Gasteiger partial charge < -0.3 is 4.74 Å². The Labute approximate surface area is 139 Å². The Morgan fingerprint density at radius 3 is 1.12 bits per heavy atom. The third kappa shape index (κ3) is 4.65. The van der Waals surface area contributed by atoms with E-state index in [9.17, 15) is 26.3 Å². The Kier molecular flexibility index (Phi) is 4.97. The second kappa shape index (κ2) is 6.66. The molecule has 0 spiro atoms. The molecule has 132 valence electrons. The third-order valence-corrected chi connectivity index (χ3v) is 3.33. The summed E-state index contributed by atoms with van der Waals surface area (Å²) in [6.07, 6.45) is -9.06. The van der Waals surface area contributed by atoms with Crippen molar-refractivity contribution in [3.63, 3.8) is 0 Å². The van der Waals surface area contributed by atoms with Gasteiger partial charge in [0, 0.05) is 0 Å². The molecule has 0 aromatic heterocycles. The van der Waals surface area contributed by atoms with Gasteiger partial charge in [0.15, 0.2) is 0 Å². The fourth-order valence-corrected chi connectivity index (χ4v) is 1.91. The first-order valence-corrected chi connectivity index (χ1v) is 6.89. The Morgan fingerprint density at radius 1 is 0.600 bits per heavy atom. The Morgan fingerprint density at radius 2 is 0.880 bits per heavy atom. The topological polar surface area (TPSA) is 9.23 Å². The fraction of sp³-hybridized carbons (Fsp3) is 0.111. The molecule has 2 aromatic carbocycles. The van der Waals surface area contributed by atoms with Gasteiger partial charge in [0.25, 0.3) is 0 Å². The highest BCUT2D eigenvalue weighted by molar-refractivity contribution is 5.68. The molecule has 0 unspecified atom stereocenters. The number of ether oxygens (including phenoxy) is 1. The average Bonchev–Trinajstić information content (AvgIpc) is 2.53. The summed E-state index contributed by atoms with van der Waals surface area (Å²) in [5.74, 6) is 0.474. The smallest absolute Gasteiger partial charge is 0.416 e. The molecule has 2 rings (SSSR count). The van der Waals surface area contributed by atoms with Crippen molar-refractivity contribution >= 4 is 11.1 Å². The summed E-state index contributed by atoms with van der Waals surface area (Å²) in [6, 6.07) is 10.1. The van der Waals surface area contributed by atoms with Gasteiger partial charge in [-0.1, -0.05) is 37.4 Å². The van der Waals surface area contributed by atoms with Crippen molar-refractivity contribution < 1.29 is 31.1 Å². The zero-order valence-corrected chi connectivity index (χ0v) is 12.7. The maximum atomic E-state index is 12.6. The molecule has 0 aliphatic carbocycles. The highest BCUT2D eigenvalue weighted by Crippen LogP contribution is 2.35. The van der Waals surface area contributed by atoms with Crippen molar-refractivity contribution in [2.24, 2.45) is 0 Å². The molecule has 1 nitrogen and oxygen atoms in total. The standard InChI is InChI=1S/C18H12F6O/c1-11(17(19,20)21)13-3-7-15(8-4-13)25-16-9-5-14(6-10-16)12(2)18(22,23)24/h3-10H,1-2H2. The van der Waals surface area contributed by atoms with Crippen molar-refractivity contribution in [3.05, 3.63) is 72.8 Å². The van der Waals surface area contributed by atoms with Gasteiger partial charge in [0.1, 0.15) is 11.5 Å². The highest BCUT2D eigenvalue weighted by Gasteiger charge is 2.33. The molecule has 0 saturated heterocycles. The summed E-state index contributed by atoms with van der Waals surface area (Å²) in [6.45, 7) is 5.98. The summed E-state index contributed by atoms with van der Waals surface area (Å²) in [4.78, 5) is 0. The van der Waals surface area contributed by atoms with Crippen molar-refractivity contribution in [3.8, 4) is 11.5 Å². The van der Waals surface area contributed by atoms with Gasteiger partial charge in [0.2, 0.25) is 0 Å². The molecule has 25 heavy (non-hydrogen) atoms. The van der Waals surface area contributed by atoms with Crippen molar-refractivity contribution in [1.82, 2.24) is 0 Å². The molecule has 0 heterocycles. The number of benzene rings is 2. The molecule has 0 radical (unpaired) electrons. The van der Waals surface area contributed by atoms with Crippen molar-refractivity contribution in [1.29, 1.82) is 0 Å². The van der Waals surface area contributed by atoms with Crippen LogP contribution in [0.15, 0.2) is 61.7 Å². The molecular formula is C18H12F6O. The predicted octanol–water partition coefficient (Wildman–Crippen LogP) is 6.63. The molecule has 0 saturated carbocycles.